The zero-order valence-corrected chi connectivity index (χ0v) is 14.5. The van der Waals surface area contributed by atoms with E-state index in [4.69, 9.17) is 15.8 Å². The number of nitrogens with zero attached hydrogens (tertiary/aromatic N) is 1. The average Bonchev–Trinajstić information content (AvgIpc) is 2.93. The molecule has 1 heterocycles. The van der Waals surface area contributed by atoms with Crippen LogP contribution in [0.1, 0.15) is 43.2 Å². The number of carboxylic acid groups (broad SMARTS) is 1. The predicted molar refractivity (Wildman–Crippen MR) is 95.6 cm³/mol. The summed E-state index contributed by atoms with van der Waals surface area (Å²) in [6, 6.07) is 8.84. The molecule has 1 fully saturated rings. The van der Waals surface area contributed by atoms with Crippen molar-refractivity contribution < 1.29 is 19.9 Å². The molecule has 0 radical (unpaired) electrons. The quantitative estimate of drug-likeness (QED) is 0.416. The van der Waals surface area contributed by atoms with Crippen molar-refractivity contribution in [2.24, 2.45) is 11.7 Å². The van der Waals surface area contributed by atoms with Crippen LogP contribution in [0.2, 0.25) is 6.32 Å². The van der Waals surface area contributed by atoms with Gasteiger partial charge in [0.25, 0.3) is 0 Å². The average molecular weight is 346 g/mol. The Kier molecular flexibility index (Phi) is 5.48. The van der Waals surface area contributed by atoms with Gasteiger partial charge in [-0.05, 0) is 42.6 Å². The number of hydrogen-bond donors (Lipinski definition) is 4. The van der Waals surface area contributed by atoms with Crippen LogP contribution in [0.4, 0.5) is 0 Å². The minimum absolute atomic E-state index is 0.0160. The van der Waals surface area contributed by atoms with E-state index >= 15 is 0 Å². The molecule has 1 aromatic rings. The first kappa shape index (κ1) is 18.4. The minimum atomic E-state index is -1.33. The minimum Gasteiger partial charge on any atom is -0.480 e. The number of benzene rings is 1. The first-order chi connectivity index (χ1) is 11.9. The number of rotatable bonds is 8. The van der Waals surface area contributed by atoms with Gasteiger partial charge in [0.05, 0.1) is 0 Å². The second-order valence-corrected chi connectivity index (χ2v) is 7.57. The van der Waals surface area contributed by atoms with Gasteiger partial charge in [0.1, 0.15) is 5.54 Å². The van der Waals surface area contributed by atoms with Gasteiger partial charge < -0.3 is 20.9 Å². The summed E-state index contributed by atoms with van der Waals surface area (Å²) in [5.74, 6) is -0.956. The topological polar surface area (TPSA) is 107 Å². The molecule has 7 heteroatoms. The molecule has 0 saturated heterocycles. The molecule has 3 rings (SSSR count). The van der Waals surface area contributed by atoms with Crippen LogP contribution >= 0.6 is 0 Å². The molecule has 1 aromatic carbocycles. The fourth-order valence-electron chi connectivity index (χ4n) is 4.15. The Bertz CT molecular complexity index is 596. The summed E-state index contributed by atoms with van der Waals surface area (Å²) < 4.78 is 0. The molecule has 2 aliphatic rings. The number of carbonyl (C=O) groups is 1. The maximum absolute atomic E-state index is 11.8. The highest BCUT2D eigenvalue weighted by Gasteiger charge is 2.49. The highest BCUT2D eigenvalue weighted by molar-refractivity contribution is 6.40. The molecule has 136 valence electrons. The normalized spacial score (nSPS) is 25.1. The van der Waals surface area contributed by atoms with Gasteiger partial charge in [-0.3, -0.25) is 9.69 Å². The van der Waals surface area contributed by atoms with Gasteiger partial charge in [0.2, 0.25) is 0 Å². The van der Waals surface area contributed by atoms with Gasteiger partial charge in [0.15, 0.2) is 0 Å². The Balaban J connectivity index is 1.51. The standard InChI is InChI=1S/C18H27BN2O4/c20-18(17(22)23,7-3-4-8-19(24)25)15-9-16(10-15)21-11-13-5-1-2-6-14(13)12-21/h1-2,5-6,15-16,24-25H,3-4,7-12,20H2,(H,22,23)/t15?,16?,18-/m0/s1. The van der Waals surface area contributed by atoms with Crippen molar-refractivity contribution in [2.75, 3.05) is 0 Å². The third-order valence-corrected chi connectivity index (χ3v) is 5.92. The predicted octanol–water partition coefficient (Wildman–Crippen LogP) is 1.21. The molecule has 0 aromatic heterocycles. The molecule has 5 N–H and O–H groups in total. The largest absolute Gasteiger partial charge is 0.480 e. The highest BCUT2D eigenvalue weighted by Crippen LogP contribution is 2.43. The Labute approximate surface area is 148 Å². The van der Waals surface area contributed by atoms with Crippen LogP contribution in [0.3, 0.4) is 0 Å². The van der Waals surface area contributed by atoms with E-state index in [2.05, 4.69) is 29.2 Å². The van der Waals surface area contributed by atoms with Crippen molar-refractivity contribution in [1.29, 1.82) is 0 Å². The third kappa shape index (κ3) is 3.90. The van der Waals surface area contributed by atoms with E-state index in [1.807, 2.05) is 0 Å². The second kappa shape index (κ2) is 7.46. The van der Waals surface area contributed by atoms with Crippen molar-refractivity contribution in [3.8, 4) is 0 Å². The second-order valence-electron chi connectivity index (χ2n) is 7.57. The van der Waals surface area contributed by atoms with E-state index in [-0.39, 0.29) is 12.2 Å². The van der Waals surface area contributed by atoms with E-state index < -0.39 is 18.6 Å². The fraction of sp³-hybridized carbons (Fsp3) is 0.611. The SMILES string of the molecule is N[C@](CCCCB(O)O)(C(=O)O)C1CC(N2Cc3ccccc3C2)C1. The van der Waals surface area contributed by atoms with Gasteiger partial charge in [-0.2, -0.15) is 0 Å². The van der Waals surface area contributed by atoms with E-state index in [9.17, 15) is 9.90 Å². The monoisotopic (exact) mass is 346 g/mol. The van der Waals surface area contributed by atoms with Crippen molar-refractivity contribution in [3.63, 3.8) is 0 Å². The van der Waals surface area contributed by atoms with E-state index in [0.29, 0.717) is 25.3 Å². The van der Waals surface area contributed by atoms with Crippen LogP contribution in [0, 0.1) is 5.92 Å². The lowest BCUT2D eigenvalue weighted by Crippen LogP contribution is -2.61. The molecule has 0 amide bonds. The summed E-state index contributed by atoms with van der Waals surface area (Å²) in [5.41, 5.74) is 7.79. The van der Waals surface area contributed by atoms with Crippen LogP contribution in [0.25, 0.3) is 0 Å². The molecule has 1 atom stereocenters. The molecular weight excluding hydrogens is 319 g/mol. The summed E-state index contributed by atoms with van der Waals surface area (Å²) in [4.78, 5) is 14.2. The molecule has 1 aliphatic carbocycles. The molecule has 1 aliphatic heterocycles. The Morgan fingerprint density at radius 2 is 1.80 bits per heavy atom. The first-order valence-electron chi connectivity index (χ1n) is 9.09. The van der Waals surface area contributed by atoms with Crippen LogP contribution in [0.15, 0.2) is 24.3 Å². The third-order valence-electron chi connectivity index (χ3n) is 5.92. The van der Waals surface area contributed by atoms with Gasteiger partial charge in [-0.1, -0.05) is 37.1 Å². The van der Waals surface area contributed by atoms with E-state index in [1.54, 1.807) is 0 Å². The van der Waals surface area contributed by atoms with E-state index in [0.717, 1.165) is 25.9 Å². The first-order valence-corrected chi connectivity index (χ1v) is 9.09. The summed E-state index contributed by atoms with van der Waals surface area (Å²) in [7, 11) is -1.33. The molecule has 0 spiro atoms. The molecule has 6 nitrogen and oxygen atoms in total. The zero-order chi connectivity index (χ0) is 18.0. The van der Waals surface area contributed by atoms with Gasteiger partial charge in [-0.15, -0.1) is 0 Å². The number of nitrogens with two attached hydrogens (primary N) is 1. The zero-order valence-electron chi connectivity index (χ0n) is 14.5. The molecule has 0 unspecified atom stereocenters. The number of aliphatic carboxylic acids is 1. The molecule has 0 bridgehead atoms. The van der Waals surface area contributed by atoms with Gasteiger partial charge in [-0.25, -0.2) is 0 Å². The van der Waals surface area contributed by atoms with E-state index in [1.165, 1.54) is 11.1 Å². The maximum atomic E-state index is 11.8. The summed E-state index contributed by atoms with van der Waals surface area (Å²) in [6.45, 7) is 1.87. The number of hydrogen-bond acceptors (Lipinski definition) is 5. The van der Waals surface area contributed by atoms with Crippen LogP contribution in [-0.4, -0.2) is 44.7 Å². The lowest BCUT2D eigenvalue weighted by Gasteiger charge is -2.48. The fourth-order valence-corrected chi connectivity index (χ4v) is 4.15. The lowest BCUT2D eigenvalue weighted by molar-refractivity contribution is -0.149. The molecular formula is C18H27BN2O4. The smallest absolute Gasteiger partial charge is 0.451 e. The van der Waals surface area contributed by atoms with Crippen molar-refractivity contribution in [3.05, 3.63) is 35.4 Å². The number of unbranched alkanes of at least 4 members (excludes halogenated alkanes) is 1. The van der Waals surface area contributed by atoms with Gasteiger partial charge in [0, 0.05) is 19.1 Å². The van der Waals surface area contributed by atoms with Gasteiger partial charge >= 0.3 is 13.1 Å². The lowest BCUT2D eigenvalue weighted by atomic mass is 9.65. The number of carboxylic acids is 1. The van der Waals surface area contributed by atoms with Crippen LogP contribution in [0.5, 0.6) is 0 Å². The summed E-state index contributed by atoms with van der Waals surface area (Å²) in [6.07, 6.45) is 3.44. The maximum Gasteiger partial charge on any atom is 0.451 e. The van der Waals surface area contributed by atoms with Crippen molar-refractivity contribution in [2.45, 2.75) is 63.1 Å². The molecule has 25 heavy (non-hydrogen) atoms. The molecule has 1 saturated carbocycles. The summed E-state index contributed by atoms with van der Waals surface area (Å²) >= 11 is 0. The van der Waals surface area contributed by atoms with Crippen LogP contribution < -0.4 is 5.73 Å². The highest BCUT2D eigenvalue weighted by atomic mass is 16.4. The van der Waals surface area contributed by atoms with Crippen molar-refractivity contribution in [1.82, 2.24) is 4.90 Å². The Morgan fingerprint density at radius 1 is 1.20 bits per heavy atom. The van der Waals surface area contributed by atoms with Crippen molar-refractivity contribution >= 4 is 13.1 Å². The Morgan fingerprint density at radius 3 is 2.32 bits per heavy atom. The number of fused-ring (bicyclic) bond motifs is 1. The van der Waals surface area contributed by atoms with Crippen LogP contribution in [-0.2, 0) is 17.9 Å². The summed E-state index contributed by atoms with van der Waals surface area (Å²) in [5, 5.41) is 27.4. The Hall–Kier alpha value is -1.41.